The Morgan fingerprint density at radius 1 is 1.54 bits per heavy atom. The molecule has 2 heteroatoms. The third-order valence-electron chi connectivity index (χ3n) is 2.17. The molecule has 0 saturated heterocycles. The van der Waals surface area contributed by atoms with Crippen LogP contribution >= 0.6 is 0 Å². The molecule has 2 heterocycles. The first-order chi connectivity index (χ1) is 6.40. The predicted molar refractivity (Wildman–Crippen MR) is 50.3 cm³/mol. The van der Waals surface area contributed by atoms with Gasteiger partial charge in [-0.05, 0) is 24.1 Å². The number of hydrogen-bond donors (Lipinski definition) is 0. The smallest absolute Gasteiger partial charge is 0.132 e. The summed E-state index contributed by atoms with van der Waals surface area (Å²) in [5, 5.41) is 0. The van der Waals surface area contributed by atoms with Gasteiger partial charge in [-0.25, -0.2) is 0 Å². The Bertz CT molecular complexity index is 309. The van der Waals surface area contributed by atoms with Gasteiger partial charge in [0.15, 0.2) is 0 Å². The van der Waals surface area contributed by atoms with Crippen LogP contribution in [0.4, 0.5) is 0 Å². The van der Waals surface area contributed by atoms with Crippen molar-refractivity contribution in [3.05, 3.63) is 48.5 Å². The summed E-state index contributed by atoms with van der Waals surface area (Å²) < 4.78 is 10.9. The first-order valence-electron chi connectivity index (χ1n) is 4.36. The number of furan rings is 1. The lowest BCUT2D eigenvalue weighted by Crippen LogP contribution is -2.10. The molecular weight excluding hydrogens is 164 g/mol. The molecule has 0 spiro atoms. The van der Waals surface area contributed by atoms with Crippen molar-refractivity contribution in [2.24, 2.45) is 0 Å². The van der Waals surface area contributed by atoms with Crippen molar-refractivity contribution in [1.29, 1.82) is 0 Å². The molecule has 2 nitrogen and oxygen atoms in total. The van der Waals surface area contributed by atoms with Crippen LogP contribution in [0.2, 0.25) is 0 Å². The van der Waals surface area contributed by atoms with E-state index >= 15 is 0 Å². The Balaban J connectivity index is 2.07. The normalized spacial score (nSPS) is 22.5. The van der Waals surface area contributed by atoms with Gasteiger partial charge in [-0.3, -0.25) is 0 Å². The van der Waals surface area contributed by atoms with E-state index in [1.165, 1.54) is 0 Å². The maximum Gasteiger partial charge on any atom is 0.132 e. The molecule has 1 aromatic heterocycles. The quantitative estimate of drug-likeness (QED) is 0.691. The fourth-order valence-electron chi connectivity index (χ4n) is 1.40. The lowest BCUT2D eigenvalue weighted by Gasteiger charge is -2.19. The monoisotopic (exact) mass is 176 g/mol. The van der Waals surface area contributed by atoms with Crippen molar-refractivity contribution < 1.29 is 9.15 Å². The van der Waals surface area contributed by atoms with Gasteiger partial charge in [-0.1, -0.05) is 18.7 Å². The van der Waals surface area contributed by atoms with Crippen LogP contribution in [0.25, 0.3) is 0 Å². The van der Waals surface area contributed by atoms with Crippen LogP contribution in [0.5, 0.6) is 0 Å². The molecule has 1 atom stereocenters. The highest BCUT2D eigenvalue weighted by Crippen LogP contribution is 2.27. The third-order valence-corrected chi connectivity index (χ3v) is 2.17. The van der Waals surface area contributed by atoms with E-state index in [4.69, 9.17) is 9.15 Å². The van der Waals surface area contributed by atoms with Gasteiger partial charge in [0.25, 0.3) is 0 Å². The van der Waals surface area contributed by atoms with Crippen LogP contribution in [0.1, 0.15) is 18.3 Å². The molecular formula is C11H12O2. The fourth-order valence-corrected chi connectivity index (χ4v) is 1.40. The highest BCUT2D eigenvalue weighted by atomic mass is 16.5. The van der Waals surface area contributed by atoms with Gasteiger partial charge in [0, 0.05) is 0 Å². The summed E-state index contributed by atoms with van der Waals surface area (Å²) in [6, 6.07) is 3.82. The second-order valence-electron chi connectivity index (χ2n) is 3.03. The van der Waals surface area contributed by atoms with Crippen molar-refractivity contribution in [3.63, 3.8) is 0 Å². The average molecular weight is 176 g/mol. The Morgan fingerprint density at radius 3 is 3.00 bits per heavy atom. The maximum atomic E-state index is 5.59. The van der Waals surface area contributed by atoms with Crippen LogP contribution in [-0.4, -0.2) is 6.61 Å². The van der Waals surface area contributed by atoms with Gasteiger partial charge in [0.1, 0.15) is 11.9 Å². The number of hydrogen-bond acceptors (Lipinski definition) is 2. The van der Waals surface area contributed by atoms with Crippen molar-refractivity contribution in [1.82, 2.24) is 0 Å². The van der Waals surface area contributed by atoms with E-state index in [1.807, 2.05) is 18.2 Å². The van der Waals surface area contributed by atoms with E-state index in [0.29, 0.717) is 6.61 Å². The first kappa shape index (κ1) is 8.32. The average Bonchev–Trinajstić information content (AvgIpc) is 2.71. The number of ether oxygens (including phenoxy) is 1. The topological polar surface area (TPSA) is 22.4 Å². The van der Waals surface area contributed by atoms with Gasteiger partial charge in [0.05, 0.1) is 12.9 Å². The molecule has 1 aliphatic heterocycles. The van der Waals surface area contributed by atoms with E-state index in [2.05, 4.69) is 12.7 Å². The molecule has 0 amide bonds. The molecule has 1 aliphatic rings. The summed E-state index contributed by atoms with van der Waals surface area (Å²) in [7, 11) is 0. The van der Waals surface area contributed by atoms with Crippen LogP contribution in [-0.2, 0) is 4.74 Å². The Labute approximate surface area is 77.5 Å². The second-order valence-corrected chi connectivity index (χ2v) is 3.03. The SMILES string of the molecule is C=CC1=CC[C@H](c2ccco2)OC1. The maximum absolute atomic E-state index is 5.59. The molecule has 0 radical (unpaired) electrons. The van der Waals surface area contributed by atoms with Crippen LogP contribution in [0.15, 0.2) is 47.1 Å². The molecule has 0 fully saturated rings. The van der Waals surface area contributed by atoms with E-state index < -0.39 is 0 Å². The third kappa shape index (κ3) is 1.73. The minimum absolute atomic E-state index is 0.0821. The predicted octanol–water partition coefficient (Wildman–Crippen LogP) is 2.85. The van der Waals surface area contributed by atoms with Crippen LogP contribution in [0, 0.1) is 0 Å². The van der Waals surface area contributed by atoms with Crippen molar-refractivity contribution in [3.8, 4) is 0 Å². The zero-order chi connectivity index (χ0) is 9.10. The van der Waals surface area contributed by atoms with E-state index in [0.717, 1.165) is 17.8 Å². The number of rotatable bonds is 2. The summed E-state index contributed by atoms with van der Waals surface area (Å²) in [4.78, 5) is 0. The van der Waals surface area contributed by atoms with E-state index in [9.17, 15) is 0 Å². The minimum atomic E-state index is 0.0821. The van der Waals surface area contributed by atoms with Crippen molar-refractivity contribution in [2.45, 2.75) is 12.5 Å². The Morgan fingerprint density at radius 2 is 2.46 bits per heavy atom. The molecule has 0 aromatic carbocycles. The second kappa shape index (κ2) is 3.62. The van der Waals surface area contributed by atoms with Crippen molar-refractivity contribution >= 4 is 0 Å². The molecule has 0 saturated carbocycles. The van der Waals surface area contributed by atoms with Gasteiger partial charge in [-0.2, -0.15) is 0 Å². The lowest BCUT2D eigenvalue weighted by molar-refractivity contribution is 0.0475. The summed E-state index contributed by atoms with van der Waals surface area (Å²) in [6.07, 6.45) is 6.60. The van der Waals surface area contributed by atoms with E-state index in [-0.39, 0.29) is 6.10 Å². The summed E-state index contributed by atoms with van der Waals surface area (Å²) in [6.45, 7) is 4.33. The highest BCUT2D eigenvalue weighted by Gasteiger charge is 2.17. The van der Waals surface area contributed by atoms with Gasteiger partial charge in [-0.15, -0.1) is 0 Å². The van der Waals surface area contributed by atoms with Gasteiger partial charge < -0.3 is 9.15 Å². The fraction of sp³-hybridized carbons (Fsp3) is 0.273. The summed E-state index contributed by atoms with van der Waals surface area (Å²) in [5.74, 6) is 0.902. The first-order valence-corrected chi connectivity index (χ1v) is 4.36. The zero-order valence-corrected chi connectivity index (χ0v) is 7.40. The Kier molecular flexibility index (Phi) is 2.32. The summed E-state index contributed by atoms with van der Waals surface area (Å²) >= 11 is 0. The summed E-state index contributed by atoms with van der Waals surface area (Å²) in [5.41, 5.74) is 1.16. The molecule has 0 unspecified atom stereocenters. The van der Waals surface area contributed by atoms with Gasteiger partial charge >= 0.3 is 0 Å². The van der Waals surface area contributed by atoms with Crippen molar-refractivity contribution in [2.75, 3.05) is 6.61 Å². The van der Waals surface area contributed by atoms with Crippen LogP contribution < -0.4 is 0 Å². The molecule has 68 valence electrons. The molecule has 0 aliphatic carbocycles. The highest BCUT2D eigenvalue weighted by molar-refractivity contribution is 5.20. The molecule has 2 rings (SSSR count). The van der Waals surface area contributed by atoms with E-state index in [1.54, 1.807) is 6.26 Å². The Hall–Kier alpha value is -1.28. The largest absolute Gasteiger partial charge is 0.467 e. The zero-order valence-electron chi connectivity index (χ0n) is 7.40. The molecule has 0 N–H and O–H groups in total. The minimum Gasteiger partial charge on any atom is -0.467 e. The lowest BCUT2D eigenvalue weighted by atomic mass is 10.1. The molecule has 1 aromatic rings. The molecule has 0 bridgehead atoms. The van der Waals surface area contributed by atoms with Gasteiger partial charge in [0.2, 0.25) is 0 Å². The standard InChI is InChI=1S/C11H12O2/c1-2-9-5-6-11(13-8-9)10-4-3-7-12-10/h2-5,7,11H,1,6,8H2/t11-/m1/s1. The molecule has 13 heavy (non-hydrogen) atoms. The van der Waals surface area contributed by atoms with Crippen LogP contribution in [0.3, 0.4) is 0 Å².